The maximum atomic E-state index is 12.1. The van der Waals surface area contributed by atoms with Crippen LogP contribution >= 0.6 is 0 Å². The SMILES string of the molecule is NC(=O)C(CCOCCNC(=O)COC1C#CCCCCC1)CNC(=O)C(F)(F)F. The summed E-state index contributed by atoms with van der Waals surface area (Å²) in [6.45, 7) is -0.281. The number of carbonyl (C=O) groups is 3. The normalized spacial score (nSPS) is 17.6. The molecule has 30 heavy (non-hydrogen) atoms. The largest absolute Gasteiger partial charge is 0.471 e. The van der Waals surface area contributed by atoms with Crippen molar-refractivity contribution in [2.45, 2.75) is 50.8 Å². The molecule has 1 aliphatic rings. The lowest BCUT2D eigenvalue weighted by Crippen LogP contribution is -2.42. The first kappa shape index (κ1) is 25.7. The minimum atomic E-state index is -5.03. The van der Waals surface area contributed by atoms with Crippen molar-refractivity contribution in [3.05, 3.63) is 0 Å². The summed E-state index contributed by atoms with van der Waals surface area (Å²) in [5, 5.41) is 4.23. The molecule has 0 saturated heterocycles. The summed E-state index contributed by atoms with van der Waals surface area (Å²) in [7, 11) is 0. The molecule has 0 bridgehead atoms. The van der Waals surface area contributed by atoms with Crippen LogP contribution in [0.2, 0.25) is 0 Å². The van der Waals surface area contributed by atoms with Crippen LogP contribution in [-0.2, 0) is 23.9 Å². The molecule has 0 heterocycles. The first-order valence-corrected chi connectivity index (χ1v) is 9.79. The van der Waals surface area contributed by atoms with Gasteiger partial charge in [0.1, 0.15) is 12.7 Å². The Bertz CT molecular complexity index is 631. The lowest BCUT2D eigenvalue weighted by atomic mass is 10.1. The van der Waals surface area contributed by atoms with Crippen LogP contribution in [0.1, 0.15) is 38.5 Å². The van der Waals surface area contributed by atoms with Crippen molar-refractivity contribution in [3.63, 3.8) is 0 Å². The van der Waals surface area contributed by atoms with E-state index < -0.39 is 30.5 Å². The highest BCUT2D eigenvalue weighted by Gasteiger charge is 2.38. The molecule has 1 aliphatic carbocycles. The Morgan fingerprint density at radius 2 is 1.90 bits per heavy atom. The van der Waals surface area contributed by atoms with Crippen molar-refractivity contribution in [1.82, 2.24) is 10.6 Å². The smallest absolute Gasteiger partial charge is 0.380 e. The van der Waals surface area contributed by atoms with E-state index in [1.807, 2.05) is 0 Å². The summed E-state index contributed by atoms with van der Waals surface area (Å²) in [4.78, 5) is 33.8. The molecule has 0 aromatic carbocycles. The third kappa shape index (κ3) is 11.6. The molecule has 2 unspecified atom stereocenters. The van der Waals surface area contributed by atoms with Crippen molar-refractivity contribution in [1.29, 1.82) is 0 Å². The van der Waals surface area contributed by atoms with E-state index in [-0.39, 0.29) is 44.8 Å². The zero-order valence-corrected chi connectivity index (χ0v) is 16.7. The summed E-state index contributed by atoms with van der Waals surface area (Å²) < 4.78 is 47.2. The number of halogens is 3. The fraction of sp³-hybridized carbons (Fsp3) is 0.737. The molecule has 8 nitrogen and oxygen atoms in total. The Balaban J connectivity index is 2.14. The number of hydrogen-bond donors (Lipinski definition) is 3. The summed E-state index contributed by atoms with van der Waals surface area (Å²) in [5.41, 5.74) is 5.12. The lowest BCUT2D eigenvalue weighted by molar-refractivity contribution is -0.173. The van der Waals surface area contributed by atoms with E-state index in [1.54, 1.807) is 5.32 Å². The zero-order chi connectivity index (χ0) is 22.4. The first-order valence-electron chi connectivity index (χ1n) is 9.79. The van der Waals surface area contributed by atoms with Gasteiger partial charge < -0.3 is 25.8 Å². The van der Waals surface area contributed by atoms with Gasteiger partial charge in [-0.1, -0.05) is 12.3 Å². The van der Waals surface area contributed by atoms with Crippen molar-refractivity contribution < 1.29 is 37.0 Å². The molecule has 11 heteroatoms. The summed E-state index contributed by atoms with van der Waals surface area (Å²) >= 11 is 0. The standard InChI is InChI=1S/C19H28F3N3O5/c20-19(21,22)18(28)25-12-14(17(23)27)8-10-29-11-9-24-16(26)13-30-15-6-4-2-1-3-5-7-15/h14-15H,1-4,6,8-13H2,(H2,23,27)(H,24,26)(H,25,28). The van der Waals surface area contributed by atoms with Crippen LogP contribution in [0.4, 0.5) is 13.2 Å². The van der Waals surface area contributed by atoms with E-state index >= 15 is 0 Å². The molecule has 0 fully saturated rings. The lowest BCUT2D eigenvalue weighted by Gasteiger charge is -2.15. The molecule has 3 amide bonds. The van der Waals surface area contributed by atoms with Crippen molar-refractivity contribution >= 4 is 17.7 Å². The van der Waals surface area contributed by atoms with Crippen LogP contribution in [0.25, 0.3) is 0 Å². The van der Waals surface area contributed by atoms with Gasteiger partial charge in [-0.2, -0.15) is 13.2 Å². The maximum Gasteiger partial charge on any atom is 0.471 e. The third-order valence-electron chi connectivity index (χ3n) is 4.29. The Morgan fingerprint density at radius 1 is 1.13 bits per heavy atom. The Morgan fingerprint density at radius 3 is 2.60 bits per heavy atom. The number of nitrogens with two attached hydrogens (primary N) is 1. The summed E-state index contributed by atoms with van der Waals surface area (Å²) in [6.07, 6.45) is -0.390. The number of amides is 3. The molecule has 0 spiro atoms. The molecule has 0 aromatic rings. The van der Waals surface area contributed by atoms with Crippen molar-refractivity contribution in [2.75, 3.05) is 32.9 Å². The molecule has 2 atom stereocenters. The van der Waals surface area contributed by atoms with E-state index in [9.17, 15) is 27.6 Å². The van der Waals surface area contributed by atoms with Gasteiger partial charge in [0.05, 0.1) is 12.5 Å². The molecule has 0 aliphatic heterocycles. The van der Waals surface area contributed by atoms with Crippen LogP contribution in [-0.4, -0.2) is 62.9 Å². The second-order valence-electron chi connectivity index (χ2n) is 6.78. The monoisotopic (exact) mass is 435 g/mol. The van der Waals surface area contributed by atoms with Gasteiger partial charge in [0.25, 0.3) is 0 Å². The van der Waals surface area contributed by atoms with E-state index in [0.29, 0.717) is 0 Å². The second-order valence-corrected chi connectivity index (χ2v) is 6.78. The van der Waals surface area contributed by atoms with Gasteiger partial charge in [0, 0.05) is 26.1 Å². The molecule has 0 radical (unpaired) electrons. The van der Waals surface area contributed by atoms with Crippen LogP contribution in [0.5, 0.6) is 0 Å². The summed E-state index contributed by atoms with van der Waals surface area (Å²) in [5.74, 6) is 1.74. The number of rotatable bonds is 12. The average molecular weight is 435 g/mol. The number of ether oxygens (including phenoxy) is 2. The van der Waals surface area contributed by atoms with E-state index in [2.05, 4.69) is 17.2 Å². The molecule has 1 rings (SSSR count). The molecule has 170 valence electrons. The minimum absolute atomic E-state index is 0.0273. The van der Waals surface area contributed by atoms with Crippen LogP contribution in [0.3, 0.4) is 0 Å². The van der Waals surface area contributed by atoms with Crippen LogP contribution < -0.4 is 16.4 Å². The van der Waals surface area contributed by atoms with Crippen molar-refractivity contribution in [2.24, 2.45) is 11.7 Å². The van der Waals surface area contributed by atoms with E-state index in [4.69, 9.17) is 15.2 Å². The van der Waals surface area contributed by atoms with Crippen LogP contribution in [0, 0.1) is 17.8 Å². The van der Waals surface area contributed by atoms with Gasteiger partial charge in [0.15, 0.2) is 0 Å². The Kier molecular flexibility index (Phi) is 11.8. The van der Waals surface area contributed by atoms with E-state index in [0.717, 1.165) is 32.1 Å². The number of hydrogen-bond acceptors (Lipinski definition) is 5. The third-order valence-corrected chi connectivity index (χ3v) is 4.29. The molecule has 0 aromatic heterocycles. The highest BCUT2D eigenvalue weighted by Crippen LogP contribution is 2.14. The molecular weight excluding hydrogens is 407 g/mol. The van der Waals surface area contributed by atoms with Gasteiger partial charge in [-0.3, -0.25) is 14.4 Å². The predicted octanol–water partition coefficient (Wildman–Crippen LogP) is 0.642. The molecule has 4 N–H and O–H groups in total. The topological polar surface area (TPSA) is 120 Å². The zero-order valence-electron chi connectivity index (χ0n) is 16.7. The number of carbonyl (C=O) groups excluding carboxylic acids is 3. The molecular formula is C19H28F3N3O5. The van der Waals surface area contributed by atoms with E-state index in [1.165, 1.54) is 0 Å². The fourth-order valence-electron chi connectivity index (χ4n) is 2.58. The van der Waals surface area contributed by atoms with Crippen LogP contribution in [0.15, 0.2) is 0 Å². The fourth-order valence-corrected chi connectivity index (χ4v) is 2.58. The van der Waals surface area contributed by atoms with Crippen molar-refractivity contribution in [3.8, 4) is 11.8 Å². The number of alkyl halides is 3. The Labute approximate surface area is 173 Å². The van der Waals surface area contributed by atoms with Gasteiger partial charge in [-0.25, -0.2) is 0 Å². The molecule has 0 saturated carbocycles. The highest BCUT2D eigenvalue weighted by molar-refractivity contribution is 5.83. The first-order chi connectivity index (χ1) is 14.2. The quantitative estimate of drug-likeness (QED) is 0.307. The maximum absolute atomic E-state index is 12.1. The van der Waals surface area contributed by atoms with Gasteiger partial charge in [-0.15, -0.1) is 5.92 Å². The minimum Gasteiger partial charge on any atom is -0.380 e. The van der Waals surface area contributed by atoms with Gasteiger partial charge >= 0.3 is 12.1 Å². The average Bonchev–Trinajstić information content (AvgIpc) is 2.64. The second kappa shape index (κ2) is 13.8. The summed E-state index contributed by atoms with van der Waals surface area (Å²) in [6, 6.07) is 0. The highest BCUT2D eigenvalue weighted by atomic mass is 19.4. The predicted molar refractivity (Wildman–Crippen MR) is 101 cm³/mol. The van der Waals surface area contributed by atoms with Gasteiger partial charge in [0.2, 0.25) is 11.8 Å². The Hall–Kier alpha value is -2.32. The van der Waals surface area contributed by atoms with Gasteiger partial charge in [-0.05, 0) is 25.7 Å². The number of nitrogens with one attached hydrogen (secondary N) is 2. The number of primary amides is 1.